The van der Waals surface area contributed by atoms with E-state index >= 15 is 0 Å². The molecule has 5 heavy (non-hydrogen) atoms. The molecule has 0 rings (SSSR count). The third-order valence-corrected chi connectivity index (χ3v) is 1.00. The van der Waals surface area contributed by atoms with Crippen LogP contribution in [0.15, 0.2) is 0 Å². The van der Waals surface area contributed by atoms with Crippen molar-refractivity contribution in [3.63, 3.8) is 0 Å². The van der Waals surface area contributed by atoms with Crippen LogP contribution in [0, 0.1) is 0 Å². The Labute approximate surface area is 41.8 Å². The number of hydrogen-bond donors (Lipinski definition) is 0. The summed E-state index contributed by atoms with van der Waals surface area (Å²) in [6.45, 7) is 0. The van der Waals surface area contributed by atoms with Gasteiger partial charge in [0.25, 0.3) is 0 Å². The second-order valence-electron chi connectivity index (χ2n) is 0.329. The van der Waals surface area contributed by atoms with Crippen LogP contribution in [-0.4, -0.2) is 31.0 Å². The first kappa shape index (κ1) is 5.46. The summed E-state index contributed by atoms with van der Waals surface area (Å²) in [6, 6.07) is 0. The van der Waals surface area contributed by atoms with Crippen LogP contribution in [0.3, 0.4) is 0 Å². The van der Waals surface area contributed by atoms with Gasteiger partial charge in [0.05, 0.1) is 0 Å². The van der Waals surface area contributed by atoms with Gasteiger partial charge in [0.1, 0.15) is 0 Å². The molecule has 0 atom stereocenters. The van der Waals surface area contributed by atoms with E-state index in [2.05, 4.69) is 2.84 Å². The molecule has 0 amide bonds. The minimum atomic E-state index is -1.24. The van der Waals surface area contributed by atoms with E-state index in [1.165, 1.54) is 0 Å². The number of rotatable bonds is 2. The molecule has 0 spiro atoms. The van der Waals surface area contributed by atoms with E-state index in [0.717, 1.165) is 0 Å². The molecule has 0 aromatic carbocycles. The molecule has 0 N–H and O–H groups in total. The maximum absolute atomic E-state index is 9.21. The monoisotopic (exact) mass is 108 g/mol. The molecular weight excluding hydrogens is 108 g/mol. The van der Waals surface area contributed by atoms with E-state index in [1.807, 2.05) is 0 Å². The molecule has 0 aliphatic carbocycles. The van der Waals surface area contributed by atoms with E-state index in [-0.39, 0.29) is 0 Å². The van der Waals surface area contributed by atoms with Gasteiger partial charge in [-0.15, -0.1) is 0 Å². The summed E-state index contributed by atoms with van der Waals surface area (Å²) in [5, 5.41) is 0. The summed E-state index contributed by atoms with van der Waals surface area (Å²) in [7, 11) is 0. The summed E-state index contributed by atoms with van der Waals surface area (Å²) in [5.74, 6) is 0. The molecule has 0 aliphatic rings. The first-order chi connectivity index (χ1) is 2.41. The van der Waals surface area contributed by atoms with Gasteiger partial charge in [-0.2, -0.15) is 0 Å². The van der Waals surface area contributed by atoms with Gasteiger partial charge >= 0.3 is 41.4 Å². The van der Waals surface area contributed by atoms with Gasteiger partial charge in [0.2, 0.25) is 0 Å². The van der Waals surface area contributed by atoms with Crippen molar-refractivity contribution in [2.45, 2.75) is 0 Å². The zero-order chi connectivity index (χ0) is 4.12. The summed E-state index contributed by atoms with van der Waals surface area (Å²) in [4.78, 5) is 0. The molecule has 0 aliphatic heterocycles. The van der Waals surface area contributed by atoms with Crippen molar-refractivity contribution < 1.29 is 10.4 Å². The summed E-state index contributed by atoms with van der Waals surface area (Å²) < 4.78 is 22.3. The molecule has 0 unspecified atom stereocenters. The van der Waals surface area contributed by atoms with Crippen molar-refractivity contribution in [1.82, 2.24) is 0 Å². The van der Waals surface area contributed by atoms with E-state index in [4.69, 9.17) is 0 Å². The minimum absolute atomic E-state index is 1.24. The van der Waals surface area contributed by atoms with Crippen LogP contribution >= 0.6 is 0 Å². The topological polar surface area (TPSA) is 43.4 Å². The molecule has 0 saturated heterocycles. The summed E-state index contributed by atoms with van der Waals surface area (Å²) in [5.41, 5.74) is 0. The quantitative estimate of drug-likeness (QED) is 0.334. The van der Waals surface area contributed by atoms with Crippen molar-refractivity contribution in [2.24, 2.45) is 0 Å². The van der Waals surface area contributed by atoms with Crippen molar-refractivity contribution in [3.05, 3.63) is 0 Å². The fraction of sp³-hybridized carbons (Fsp3) is 0. The molecule has 24 valence electrons. The third-order valence-electron chi connectivity index (χ3n) is 0.111. The van der Waals surface area contributed by atoms with Crippen molar-refractivity contribution in [3.8, 4) is 0 Å². The molecule has 0 aromatic heterocycles. The molecule has 0 saturated carbocycles. The second-order valence-corrected chi connectivity index (χ2v) is 1.80. The Morgan fingerprint density at radius 3 is 1.60 bits per heavy atom. The van der Waals surface area contributed by atoms with E-state index in [1.54, 1.807) is 0 Å². The molecule has 5 heteroatoms. The molecule has 3 nitrogen and oxygen atoms in total. The van der Waals surface area contributed by atoms with Gasteiger partial charge in [0.15, 0.2) is 0 Å². The van der Waals surface area contributed by atoms with Gasteiger partial charge in [-0.25, -0.2) is 0 Å². The normalized spacial score (nSPS) is 4.00. The Morgan fingerprint density at radius 2 is 1.60 bits per heavy atom. The van der Waals surface area contributed by atoms with Gasteiger partial charge in [0, 0.05) is 0 Å². The van der Waals surface area contributed by atoms with Gasteiger partial charge in [-0.1, -0.05) is 0 Å². The Hall–Kier alpha value is 0.465. The SMILES string of the molecule is [18O]=[Al][18O][Al]=[18O]. The van der Waals surface area contributed by atoms with Crippen LogP contribution < -0.4 is 0 Å². The predicted molar refractivity (Wildman–Crippen MR) is 14.0 cm³/mol. The van der Waals surface area contributed by atoms with Crippen LogP contribution in [0.4, 0.5) is 0 Å². The Balaban J connectivity index is 2.65. The van der Waals surface area contributed by atoms with Crippen LogP contribution in [0.25, 0.3) is 0 Å². The van der Waals surface area contributed by atoms with Crippen LogP contribution in [0.1, 0.15) is 0 Å². The van der Waals surface area contributed by atoms with Gasteiger partial charge in [-0.05, 0) is 0 Å². The second kappa shape index (κ2) is 4.46. The molecule has 0 bridgehead atoms. The van der Waals surface area contributed by atoms with Crippen LogP contribution in [0.2, 0.25) is 0 Å². The first-order valence-corrected chi connectivity index (χ1v) is 2.83. The van der Waals surface area contributed by atoms with Crippen LogP contribution in [-0.2, 0) is 10.4 Å². The fourth-order valence-corrected chi connectivity index (χ4v) is 0.204. The summed E-state index contributed by atoms with van der Waals surface area (Å²) in [6.07, 6.45) is 0. The molecule has 0 heterocycles. The zero-order valence-electron chi connectivity index (χ0n) is 2.38. The van der Waals surface area contributed by atoms with Crippen molar-refractivity contribution in [1.29, 1.82) is 0 Å². The zero-order valence-corrected chi connectivity index (χ0v) is 4.69. The average Bonchev–Trinajstić information content (AvgIpc) is 1.41. The van der Waals surface area contributed by atoms with Crippen LogP contribution in [0.5, 0.6) is 0 Å². The Bertz CT molecular complexity index is 34.2. The van der Waals surface area contributed by atoms with E-state index < -0.39 is 31.0 Å². The molecule has 0 aromatic rings. The van der Waals surface area contributed by atoms with Crippen molar-refractivity contribution >= 4 is 31.0 Å². The Kier molecular flexibility index (Phi) is 4.88. The standard InChI is InChI=1S/2Al.3O/i;;3*1+2. The summed E-state index contributed by atoms with van der Waals surface area (Å²) >= 11 is -2.48. The van der Waals surface area contributed by atoms with Gasteiger partial charge < -0.3 is 0 Å². The first-order valence-electron chi connectivity index (χ1n) is 0.943. The maximum atomic E-state index is 9.21. The van der Waals surface area contributed by atoms with Crippen molar-refractivity contribution in [2.75, 3.05) is 0 Å². The fourth-order valence-electron chi connectivity index (χ4n) is 0.0227. The molecule has 0 fully saturated rings. The third kappa shape index (κ3) is 4.46. The van der Waals surface area contributed by atoms with E-state index in [0.29, 0.717) is 0 Å². The van der Waals surface area contributed by atoms with Gasteiger partial charge in [-0.3, -0.25) is 0 Å². The average molecular weight is 108 g/mol. The number of hydrogen-bond acceptors (Lipinski definition) is 3. The predicted octanol–water partition coefficient (Wildman–Crippen LogP) is -1.07. The van der Waals surface area contributed by atoms with E-state index in [9.17, 15) is 7.61 Å². The Morgan fingerprint density at radius 1 is 1.20 bits per heavy atom. The molecular formula is Al2O3. The molecule has 0 radical (unpaired) electrons.